The van der Waals surface area contributed by atoms with E-state index < -0.39 is 0 Å². The molecule has 2 aromatic rings. The number of fused-ring (bicyclic) bond motifs is 1. The maximum absolute atomic E-state index is 11.8. The third-order valence-electron chi connectivity index (χ3n) is 2.49. The number of ether oxygens (including phenoxy) is 1. The molecule has 0 unspecified atom stereocenters. The summed E-state index contributed by atoms with van der Waals surface area (Å²) in [6, 6.07) is 5.46. The van der Waals surface area contributed by atoms with Gasteiger partial charge in [0.05, 0.1) is 21.9 Å². The minimum Gasteiger partial charge on any atom is -0.459 e. The molecule has 0 spiro atoms. The van der Waals surface area contributed by atoms with E-state index in [1.165, 1.54) is 0 Å². The maximum atomic E-state index is 11.8. The van der Waals surface area contributed by atoms with Crippen LogP contribution in [-0.2, 0) is 4.74 Å². The van der Waals surface area contributed by atoms with E-state index in [2.05, 4.69) is 17.2 Å². The number of nitrogens with zero attached hydrogens (tertiary/aromatic N) is 1. The van der Waals surface area contributed by atoms with Gasteiger partial charge in [0, 0.05) is 6.54 Å². The first-order chi connectivity index (χ1) is 9.10. The number of esters is 1. The highest BCUT2D eigenvalue weighted by Gasteiger charge is 2.11. The van der Waals surface area contributed by atoms with Crippen LogP contribution >= 0.6 is 11.3 Å². The summed E-state index contributed by atoms with van der Waals surface area (Å²) >= 11 is 1.56. The molecule has 4 nitrogen and oxygen atoms in total. The monoisotopic (exact) mass is 278 g/mol. The minimum absolute atomic E-state index is 0.105. The third kappa shape index (κ3) is 3.44. The molecular weight excluding hydrogens is 260 g/mol. The largest absolute Gasteiger partial charge is 0.459 e. The Kier molecular flexibility index (Phi) is 4.37. The second kappa shape index (κ2) is 6.02. The predicted octanol–water partition coefficient (Wildman–Crippen LogP) is 3.68. The second-order valence-electron chi connectivity index (χ2n) is 4.58. The Morgan fingerprint density at radius 1 is 1.47 bits per heavy atom. The van der Waals surface area contributed by atoms with E-state index in [-0.39, 0.29) is 12.1 Å². The third-order valence-corrected chi connectivity index (χ3v) is 3.47. The summed E-state index contributed by atoms with van der Waals surface area (Å²) in [6.45, 7) is 6.70. The van der Waals surface area contributed by atoms with Crippen LogP contribution in [0.4, 0.5) is 5.13 Å². The Balaban J connectivity index is 2.22. The van der Waals surface area contributed by atoms with E-state index in [4.69, 9.17) is 4.74 Å². The Morgan fingerprint density at radius 3 is 2.95 bits per heavy atom. The van der Waals surface area contributed by atoms with Gasteiger partial charge in [0.2, 0.25) is 0 Å². The molecule has 0 aliphatic carbocycles. The number of rotatable bonds is 5. The molecule has 0 atom stereocenters. The first kappa shape index (κ1) is 13.8. The van der Waals surface area contributed by atoms with Crippen LogP contribution in [0.25, 0.3) is 10.2 Å². The quantitative estimate of drug-likeness (QED) is 0.848. The zero-order valence-corrected chi connectivity index (χ0v) is 12.2. The highest BCUT2D eigenvalue weighted by Crippen LogP contribution is 2.27. The lowest BCUT2D eigenvalue weighted by Gasteiger charge is -2.07. The number of carbonyl (C=O) groups excluding carboxylic acids is 1. The number of aromatic nitrogens is 1. The van der Waals surface area contributed by atoms with Gasteiger partial charge in [-0.25, -0.2) is 9.78 Å². The van der Waals surface area contributed by atoms with Gasteiger partial charge in [-0.1, -0.05) is 18.3 Å². The summed E-state index contributed by atoms with van der Waals surface area (Å²) in [5.74, 6) is -0.284. The van der Waals surface area contributed by atoms with Crippen molar-refractivity contribution in [1.29, 1.82) is 0 Å². The molecule has 2 rings (SSSR count). The average Bonchev–Trinajstić information content (AvgIpc) is 2.77. The fraction of sp³-hybridized carbons (Fsp3) is 0.429. The van der Waals surface area contributed by atoms with Crippen molar-refractivity contribution in [2.75, 3.05) is 11.9 Å². The van der Waals surface area contributed by atoms with Gasteiger partial charge in [0.15, 0.2) is 5.13 Å². The van der Waals surface area contributed by atoms with E-state index in [1.54, 1.807) is 17.4 Å². The molecule has 0 fully saturated rings. The van der Waals surface area contributed by atoms with Crippen molar-refractivity contribution in [3.05, 3.63) is 23.8 Å². The topological polar surface area (TPSA) is 51.2 Å². The lowest BCUT2D eigenvalue weighted by Crippen LogP contribution is -2.11. The first-order valence-corrected chi connectivity index (χ1v) is 7.27. The van der Waals surface area contributed by atoms with Gasteiger partial charge in [0.1, 0.15) is 0 Å². The van der Waals surface area contributed by atoms with E-state index in [9.17, 15) is 4.79 Å². The predicted molar refractivity (Wildman–Crippen MR) is 79.0 cm³/mol. The molecule has 0 aliphatic rings. The zero-order chi connectivity index (χ0) is 13.8. The van der Waals surface area contributed by atoms with Crippen molar-refractivity contribution in [3.63, 3.8) is 0 Å². The number of hydrogen-bond acceptors (Lipinski definition) is 5. The van der Waals surface area contributed by atoms with Crippen molar-refractivity contribution >= 4 is 32.7 Å². The van der Waals surface area contributed by atoms with Gasteiger partial charge in [-0.3, -0.25) is 0 Å². The SMILES string of the molecule is CCCNc1nc2ccc(C(=O)OC(C)C)cc2s1. The number of anilines is 1. The molecule has 1 aromatic carbocycles. The van der Waals surface area contributed by atoms with Gasteiger partial charge in [-0.15, -0.1) is 0 Å². The van der Waals surface area contributed by atoms with Crippen molar-refractivity contribution in [2.45, 2.75) is 33.3 Å². The Hall–Kier alpha value is -1.62. The lowest BCUT2D eigenvalue weighted by molar-refractivity contribution is 0.0378. The summed E-state index contributed by atoms with van der Waals surface area (Å²) in [4.78, 5) is 16.3. The van der Waals surface area contributed by atoms with Crippen LogP contribution in [0.1, 0.15) is 37.6 Å². The lowest BCUT2D eigenvalue weighted by atomic mass is 10.2. The van der Waals surface area contributed by atoms with Gasteiger partial charge in [0.25, 0.3) is 0 Å². The van der Waals surface area contributed by atoms with E-state index >= 15 is 0 Å². The summed E-state index contributed by atoms with van der Waals surface area (Å²) in [5.41, 5.74) is 1.48. The van der Waals surface area contributed by atoms with E-state index in [0.29, 0.717) is 5.56 Å². The fourth-order valence-electron chi connectivity index (χ4n) is 1.64. The maximum Gasteiger partial charge on any atom is 0.338 e. The summed E-state index contributed by atoms with van der Waals surface area (Å²) in [7, 11) is 0. The van der Waals surface area contributed by atoms with Crippen LogP contribution in [0.5, 0.6) is 0 Å². The number of hydrogen-bond donors (Lipinski definition) is 1. The van der Waals surface area contributed by atoms with Crippen LogP contribution in [0.3, 0.4) is 0 Å². The molecule has 19 heavy (non-hydrogen) atoms. The number of thiazole rings is 1. The van der Waals surface area contributed by atoms with Crippen molar-refractivity contribution in [1.82, 2.24) is 4.98 Å². The van der Waals surface area contributed by atoms with Gasteiger partial charge in [-0.2, -0.15) is 0 Å². The molecule has 0 saturated carbocycles. The normalized spacial score (nSPS) is 10.9. The van der Waals surface area contributed by atoms with Gasteiger partial charge < -0.3 is 10.1 Å². The van der Waals surface area contributed by atoms with Crippen molar-refractivity contribution < 1.29 is 9.53 Å². The molecule has 1 aromatic heterocycles. The molecule has 102 valence electrons. The molecule has 0 bridgehead atoms. The van der Waals surface area contributed by atoms with Crippen LogP contribution in [-0.4, -0.2) is 23.6 Å². The van der Waals surface area contributed by atoms with Gasteiger partial charge >= 0.3 is 5.97 Å². The van der Waals surface area contributed by atoms with E-state index in [1.807, 2.05) is 26.0 Å². The standard InChI is InChI=1S/C14H18N2O2S/c1-4-7-15-14-16-11-6-5-10(8-12(11)19-14)13(17)18-9(2)3/h5-6,8-9H,4,7H2,1-3H3,(H,15,16). The number of nitrogens with one attached hydrogen (secondary N) is 1. The molecule has 1 heterocycles. The van der Waals surface area contributed by atoms with Crippen LogP contribution in [0, 0.1) is 0 Å². The summed E-state index contributed by atoms with van der Waals surface area (Å²) in [5, 5.41) is 4.15. The number of benzene rings is 1. The molecule has 0 radical (unpaired) electrons. The second-order valence-corrected chi connectivity index (χ2v) is 5.61. The summed E-state index contributed by atoms with van der Waals surface area (Å²) < 4.78 is 6.18. The molecule has 0 saturated heterocycles. The van der Waals surface area contributed by atoms with E-state index in [0.717, 1.165) is 28.3 Å². The average molecular weight is 278 g/mol. The van der Waals surface area contributed by atoms with Crippen LogP contribution in [0.15, 0.2) is 18.2 Å². The molecular formula is C14H18N2O2S. The summed E-state index contributed by atoms with van der Waals surface area (Å²) in [6.07, 6.45) is 0.952. The fourth-order valence-corrected chi connectivity index (χ4v) is 2.57. The number of carbonyl (C=O) groups is 1. The highest BCUT2D eigenvalue weighted by atomic mass is 32.1. The molecule has 5 heteroatoms. The molecule has 0 amide bonds. The Labute approximate surface area is 116 Å². The molecule has 0 aliphatic heterocycles. The zero-order valence-electron chi connectivity index (χ0n) is 11.4. The van der Waals surface area contributed by atoms with Crippen molar-refractivity contribution in [3.8, 4) is 0 Å². The highest BCUT2D eigenvalue weighted by molar-refractivity contribution is 7.22. The Morgan fingerprint density at radius 2 is 2.26 bits per heavy atom. The minimum atomic E-state index is -0.284. The molecule has 1 N–H and O–H groups in total. The van der Waals surface area contributed by atoms with Crippen LogP contribution in [0.2, 0.25) is 0 Å². The van der Waals surface area contributed by atoms with Gasteiger partial charge in [-0.05, 0) is 38.5 Å². The Bertz CT molecular complexity index is 578. The first-order valence-electron chi connectivity index (χ1n) is 6.45. The van der Waals surface area contributed by atoms with Crippen molar-refractivity contribution in [2.24, 2.45) is 0 Å². The van der Waals surface area contributed by atoms with Crippen LogP contribution < -0.4 is 5.32 Å². The smallest absolute Gasteiger partial charge is 0.338 e.